The highest BCUT2D eigenvalue weighted by molar-refractivity contribution is 6.28. The third kappa shape index (κ3) is 4.59. The van der Waals surface area contributed by atoms with Gasteiger partial charge in [0.05, 0.1) is 7.11 Å². The first-order valence-electron chi connectivity index (χ1n) is 5.06. The van der Waals surface area contributed by atoms with Gasteiger partial charge in [0, 0.05) is 13.2 Å². The van der Waals surface area contributed by atoms with Crippen LogP contribution in [0.5, 0.6) is 6.01 Å². The fourth-order valence-electron chi connectivity index (χ4n) is 1.12. The summed E-state index contributed by atoms with van der Waals surface area (Å²) >= 11 is 5.68. The molecule has 1 aromatic heterocycles. The summed E-state index contributed by atoms with van der Waals surface area (Å²) in [4.78, 5) is 11.6. The molecule has 1 aromatic rings. The van der Waals surface area contributed by atoms with E-state index >= 15 is 0 Å². The fourth-order valence-corrected chi connectivity index (χ4v) is 1.27. The van der Waals surface area contributed by atoms with Crippen LogP contribution in [0.2, 0.25) is 5.28 Å². The van der Waals surface area contributed by atoms with Crippen molar-refractivity contribution in [1.29, 1.82) is 0 Å². The highest BCUT2D eigenvalue weighted by Crippen LogP contribution is 2.10. The molecule has 0 bridgehead atoms. The minimum Gasteiger partial charge on any atom is -0.467 e. The minimum absolute atomic E-state index is 0.102. The van der Waals surface area contributed by atoms with E-state index in [1.165, 1.54) is 7.11 Å². The van der Waals surface area contributed by atoms with Gasteiger partial charge in [0.15, 0.2) is 0 Å². The molecular formula is C9H15ClN4O2. The van der Waals surface area contributed by atoms with E-state index in [0.29, 0.717) is 5.95 Å². The maximum atomic E-state index is 8.60. The molecular weight excluding hydrogens is 232 g/mol. The van der Waals surface area contributed by atoms with Crippen LogP contribution in [0.15, 0.2) is 0 Å². The van der Waals surface area contributed by atoms with Crippen LogP contribution >= 0.6 is 11.6 Å². The number of halogens is 1. The average Bonchev–Trinajstić information content (AvgIpc) is 2.28. The zero-order valence-corrected chi connectivity index (χ0v) is 9.87. The first kappa shape index (κ1) is 12.9. The van der Waals surface area contributed by atoms with Crippen molar-refractivity contribution in [2.45, 2.75) is 19.3 Å². The zero-order valence-electron chi connectivity index (χ0n) is 9.11. The summed E-state index contributed by atoms with van der Waals surface area (Å²) in [7, 11) is 1.47. The van der Waals surface area contributed by atoms with Crippen molar-refractivity contribution >= 4 is 17.5 Å². The normalized spacial score (nSPS) is 10.2. The number of nitrogens with one attached hydrogen (secondary N) is 1. The average molecular weight is 247 g/mol. The standard InChI is InChI=1S/C9H15ClN4O2/c1-16-9-13-7(10)12-8(14-9)11-5-3-2-4-6-15/h15H,2-6H2,1H3,(H,11,12,13,14). The van der Waals surface area contributed by atoms with Crippen LogP contribution in [0, 0.1) is 0 Å². The first-order valence-corrected chi connectivity index (χ1v) is 5.44. The Hall–Kier alpha value is -1.14. The van der Waals surface area contributed by atoms with Crippen molar-refractivity contribution in [3.63, 3.8) is 0 Å². The summed E-state index contributed by atoms with van der Waals surface area (Å²) in [5, 5.41) is 11.7. The number of rotatable bonds is 7. The smallest absolute Gasteiger partial charge is 0.322 e. The topological polar surface area (TPSA) is 80.2 Å². The molecule has 0 saturated carbocycles. The maximum absolute atomic E-state index is 8.60. The van der Waals surface area contributed by atoms with Crippen molar-refractivity contribution in [3.05, 3.63) is 5.28 Å². The SMILES string of the molecule is COc1nc(Cl)nc(NCCCCCO)n1. The summed E-state index contributed by atoms with van der Waals surface area (Å²) in [6, 6.07) is 0.192. The Labute approximate surface area is 99.0 Å². The molecule has 1 heterocycles. The predicted octanol–water partition coefficient (Wildman–Crippen LogP) is 1.11. The Bertz CT molecular complexity index is 324. The van der Waals surface area contributed by atoms with Crippen LogP contribution in [-0.2, 0) is 0 Å². The number of aliphatic hydroxyl groups excluding tert-OH is 1. The monoisotopic (exact) mass is 246 g/mol. The molecule has 0 fully saturated rings. The maximum Gasteiger partial charge on any atom is 0.322 e. The van der Waals surface area contributed by atoms with Crippen LogP contribution in [0.1, 0.15) is 19.3 Å². The molecule has 0 radical (unpaired) electrons. The molecule has 7 heteroatoms. The van der Waals surface area contributed by atoms with Crippen LogP contribution in [0.3, 0.4) is 0 Å². The van der Waals surface area contributed by atoms with E-state index in [1.807, 2.05) is 0 Å². The first-order chi connectivity index (χ1) is 7.76. The molecule has 0 aromatic carbocycles. The highest BCUT2D eigenvalue weighted by atomic mass is 35.5. The molecule has 90 valence electrons. The lowest BCUT2D eigenvalue weighted by Gasteiger charge is -2.05. The van der Waals surface area contributed by atoms with Gasteiger partial charge in [-0.05, 0) is 30.9 Å². The van der Waals surface area contributed by atoms with Gasteiger partial charge in [0.25, 0.3) is 0 Å². The van der Waals surface area contributed by atoms with Crippen molar-refractivity contribution in [3.8, 4) is 6.01 Å². The number of ether oxygens (including phenoxy) is 1. The number of anilines is 1. The highest BCUT2D eigenvalue weighted by Gasteiger charge is 2.03. The van der Waals surface area contributed by atoms with E-state index in [0.717, 1.165) is 25.8 Å². The number of aliphatic hydroxyl groups is 1. The van der Waals surface area contributed by atoms with Gasteiger partial charge in [0.2, 0.25) is 11.2 Å². The van der Waals surface area contributed by atoms with E-state index in [4.69, 9.17) is 21.4 Å². The lowest BCUT2D eigenvalue weighted by atomic mass is 10.2. The third-order valence-corrected chi connectivity index (χ3v) is 2.06. The molecule has 2 N–H and O–H groups in total. The molecule has 16 heavy (non-hydrogen) atoms. The molecule has 6 nitrogen and oxygen atoms in total. The Morgan fingerprint density at radius 2 is 2.06 bits per heavy atom. The van der Waals surface area contributed by atoms with E-state index < -0.39 is 0 Å². The number of hydrogen-bond donors (Lipinski definition) is 2. The van der Waals surface area contributed by atoms with Gasteiger partial charge in [-0.2, -0.15) is 15.0 Å². The lowest BCUT2D eigenvalue weighted by molar-refractivity contribution is 0.283. The molecule has 0 aliphatic rings. The molecule has 0 spiro atoms. The van der Waals surface area contributed by atoms with Gasteiger partial charge in [-0.15, -0.1) is 0 Å². The molecule has 0 amide bonds. The van der Waals surface area contributed by atoms with E-state index in [-0.39, 0.29) is 17.9 Å². The quantitative estimate of drug-likeness (QED) is 0.702. The molecule has 0 atom stereocenters. The fraction of sp³-hybridized carbons (Fsp3) is 0.667. The molecule has 0 saturated heterocycles. The minimum atomic E-state index is 0.102. The van der Waals surface area contributed by atoms with E-state index in [2.05, 4.69) is 20.3 Å². The lowest BCUT2D eigenvalue weighted by Crippen LogP contribution is -2.07. The number of methoxy groups -OCH3 is 1. The second-order valence-corrected chi connectivity index (χ2v) is 3.46. The Balaban J connectivity index is 2.38. The van der Waals surface area contributed by atoms with E-state index in [1.54, 1.807) is 0 Å². The van der Waals surface area contributed by atoms with Crippen LogP contribution in [0.4, 0.5) is 5.95 Å². The second kappa shape index (κ2) is 7.19. The number of aromatic nitrogens is 3. The largest absolute Gasteiger partial charge is 0.467 e. The number of hydrogen-bond acceptors (Lipinski definition) is 6. The van der Waals surface area contributed by atoms with Gasteiger partial charge in [-0.1, -0.05) is 0 Å². The van der Waals surface area contributed by atoms with Gasteiger partial charge in [-0.3, -0.25) is 0 Å². The molecule has 0 unspecified atom stereocenters. The van der Waals surface area contributed by atoms with Gasteiger partial charge in [-0.25, -0.2) is 0 Å². The third-order valence-electron chi connectivity index (χ3n) is 1.89. The van der Waals surface area contributed by atoms with Crippen LogP contribution in [0.25, 0.3) is 0 Å². The molecule has 0 aliphatic carbocycles. The number of unbranched alkanes of at least 4 members (excludes halogenated alkanes) is 2. The summed E-state index contributed by atoms with van der Waals surface area (Å²) in [6.07, 6.45) is 2.70. The number of nitrogens with zero attached hydrogens (tertiary/aromatic N) is 3. The molecule has 0 aliphatic heterocycles. The molecule has 1 rings (SSSR count). The van der Waals surface area contributed by atoms with Crippen molar-refractivity contribution in [1.82, 2.24) is 15.0 Å². The predicted molar refractivity (Wildman–Crippen MR) is 60.8 cm³/mol. The summed E-state index contributed by atoms with van der Waals surface area (Å²) < 4.78 is 4.86. The van der Waals surface area contributed by atoms with Crippen molar-refractivity contribution in [2.75, 3.05) is 25.6 Å². The van der Waals surface area contributed by atoms with Gasteiger partial charge >= 0.3 is 6.01 Å². The van der Waals surface area contributed by atoms with Crippen molar-refractivity contribution in [2.24, 2.45) is 0 Å². The van der Waals surface area contributed by atoms with E-state index in [9.17, 15) is 0 Å². The van der Waals surface area contributed by atoms with Crippen LogP contribution in [-0.4, -0.2) is 40.3 Å². The zero-order chi connectivity index (χ0) is 11.8. The van der Waals surface area contributed by atoms with Gasteiger partial charge in [0.1, 0.15) is 0 Å². The summed E-state index contributed by atoms with van der Waals surface area (Å²) in [6.45, 7) is 0.953. The Morgan fingerprint density at radius 1 is 1.25 bits per heavy atom. The van der Waals surface area contributed by atoms with Crippen molar-refractivity contribution < 1.29 is 9.84 Å². The Kier molecular flexibility index (Phi) is 5.81. The van der Waals surface area contributed by atoms with Crippen LogP contribution < -0.4 is 10.1 Å². The second-order valence-electron chi connectivity index (χ2n) is 3.13. The Morgan fingerprint density at radius 3 is 2.75 bits per heavy atom. The summed E-state index contributed by atoms with van der Waals surface area (Å²) in [5.41, 5.74) is 0. The summed E-state index contributed by atoms with van der Waals surface area (Å²) in [5.74, 6) is 0.404. The van der Waals surface area contributed by atoms with Gasteiger partial charge < -0.3 is 15.2 Å².